The molecule has 0 fully saturated rings. The van der Waals surface area contributed by atoms with Gasteiger partial charge in [-0.15, -0.1) is 0 Å². The lowest BCUT2D eigenvalue weighted by Crippen LogP contribution is -1.99. The molecule has 0 saturated carbocycles. The van der Waals surface area contributed by atoms with Crippen LogP contribution in [0.3, 0.4) is 0 Å². The van der Waals surface area contributed by atoms with Crippen LogP contribution in [0.1, 0.15) is 31.2 Å². The van der Waals surface area contributed by atoms with E-state index in [1.54, 1.807) is 6.20 Å². The van der Waals surface area contributed by atoms with Crippen molar-refractivity contribution in [3.05, 3.63) is 54.6 Å². The van der Waals surface area contributed by atoms with Gasteiger partial charge in [-0.3, -0.25) is 9.97 Å². The monoisotopic (exact) mass is 239 g/mol. The minimum absolute atomic E-state index is 0.374. The van der Waals surface area contributed by atoms with Gasteiger partial charge >= 0.3 is 0 Å². The molecule has 2 N–H and O–H groups in total. The van der Waals surface area contributed by atoms with E-state index < -0.39 is 0 Å². The third-order valence-corrected chi connectivity index (χ3v) is 2.79. The minimum Gasteiger partial charge on any atom is -0.397 e. The molecule has 0 amide bonds. The van der Waals surface area contributed by atoms with Crippen molar-refractivity contribution in [2.45, 2.75) is 19.8 Å². The standard InChI is InChI=1S/C15H17N3/c1-10(2)15-13(5-4-7-18-15)12-6-8-17-14(9-12)11(3)16/h4-10H,3,16H2,1-2H3. The van der Waals surface area contributed by atoms with Crippen LogP contribution in [0, 0.1) is 0 Å². The average molecular weight is 239 g/mol. The predicted molar refractivity (Wildman–Crippen MR) is 74.8 cm³/mol. The smallest absolute Gasteiger partial charge is 0.0858 e. The van der Waals surface area contributed by atoms with E-state index in [4.69, 9.17) is 5.73 Å². The number of pyridine rings is 2. The molecule has 92 valence electrons. The molecule has 3 nitrogen and oxygen atoms in total. The number of aromatic nitrogens is 2. The van der Waals surface area contributed by atoms with Gasteiger partial charge in [0.05, 0.1) is 17.1 Å². The van der Waals surface area contributed by atoms with Crippen molar-refractivity contribution in [1.82, 2.24) is 9.97 Å². The molecule has 2 aromatic rings. The molecule has 0 aliphatic heterocycles. The number of nitrogens with two attached hydrogens (primary N) is 1. The summed E-state index contributed by atoms with van der Waals surface area (Å²) in [6.45, 7) is 7.99. The Balaban J connectivity index is 2.55. The highest BCUT2D eigenvalue weighted by molar-refractivity contribution is 5.70. The Labute approximate surface area is 107 Å². The van der Waals surface area contributed by atoms with Gasteiger partial charge in [-0.25, -0.2) is 0 Å². The fourth-order valence-corrected chi connectivity index (χ4v) is 1.90. The molecule has 2 aromatic heterocycles. The van der Waals surface area contributed by atoms with Crippen LogP contribution in [0.25, 0.3) is 16.8 Å². The zero-order chi connectivity index (χ0) is 13.1. The van der Waals surface area contributed by atoms with Gasteiger partial charge in [0.15, 0.2) is 0 Å². The quantitative estimate of drug-likeness (QED) is 0.894. The van der Waals surface area contributed by atoms with Crippen molar-refractivity contribution in [1.29, 1.82) is 0 Å². The van der Waals surface area contributed by atoms with Crippen LogP contribution in [0.15, 0.2) is 43.2 Å². The SMILES string of the molecule is C=C(N)c1cc(-c2cccnc2C(C)C)ccn1. The zero-order valence-corrected chi connectivity index (χ0v) is 10.7. The fourth-order valence-electron chi connectivity index (χ4n) is 1.90. The zero-order valence-electron chi connectivity index (χ0n) is 10.7. The third kappa shape index (κ3) is 2.40. The largest absolute Gasteiger partial charge is 0.397 e. The number of rotatable bonds is 3. The van der Waals surface area contributed by atoms with Crippen molar-refractivity contribution < 1.29 is 0 Å². The van der Waals surface area contributed by atoms with E-state index >= 15 is 0 Å². The van der Waals surface area contributed by atoms with Gasteiger partial charge in [-0.1, -0.05) is 26.5 Å². The predicted octanol–water partition coefficient (Wildman–Crippen LogP) is 3.20. The fraction of sp³-hybridized carbons (Fsp3) is 0.200. The molecule has 0 atom stereocenters. The average Bonchev–Trinajstić information content (AvgIpc) is 2.39. The lowest BCUT2D eigenvalue weighted by atomic mass is 9.98. The van der Waals surface area contributed by atoms with Crippen LogP contribution < -0.4 is 5.73 Å². The van der Waals surface area contributed by atoms with E-state index in [1.807, 2.05) is 24.4 Å². The van der Waals surface area contributed by atoms with Crippen molar-refractivity contribution in [3.63, 3.8) is 0 Å². The topological polar surface area (TPSA) is 51.8 Å². The summed E-state index contributed by atoms with van der Waals surface area (Å²) in [5, 5.41) is 0. The van der Waals surface area contributed by atoms with Gasteiger partial charge in [-0.2, -0.15) is 0 Å². The van der Waals surface area contributed by atoms with Crippen LogP contribution >= 0.6 is 0 Å². The summed E-state index contributed by atoms with van der Waals surface area (Å²) in [5.74, 6) is 0.374. The van der Waals surface area contributed by atoms with Crippen LogP contribution in [-0.4, -0.2) is 9.97 Å². The molecule has 0 saturated heterocycles. The first-order chi connectivity index (χ1) is 8.59. The molecule has 0 bridgehead atoms. The lowest BCUT2D eigenvalue weighted by molar-refractivity contribution is 0.825. The Morgan fingerprint density at radius 3 is 2.67 bits per heavy atom. The molecular formula is C15H17N3. The second kappa shape index (κ2) is 5.00. The summed E-state index contributed by atoms with van der Waals surface area (Å²) in [5.41, 5.74) is 10.2. The van der Waals surface area contributed by atoms with Crippen molar-refractivity contribution >= 4 is 5.70 Å². The van der Waals surface area contributed by atoms with Gasteiger partial charge < -0.3 is 5.73 Å². The van der Waals surface area contributed by atoms with E-state index in [2.05, 4.69) is 36.5 Å². The van der Waals surface area contributed by atoms with E-state index in [-0.39, 0.29) is 0 Å². The van der Waals surface area contributed by atoms with Crippen molar-refractivity contribution in [2.75, 3.05) is 0 Å². The maximum Gasteiger partial charge on any atom is 0.0858 e. The molecule has 0 aromatic carbocycles. The summed E-state index contributed by atoms with van der Waals surface area (Å²) < 4.78 is 0. The van der Waals surface area contributed by atoms with E-state index in [1.165, 1.54) is 0 Å². The van der Waals surface area contributed by atoms with Crippen molar-refractivity contribution in [2.24, 2.45) is 5.73 Å². The third-order valence-electron chi connectivity index (χ3n) is 2.79. The number of hydrogen-bond donors (Lipinski definition) is 1. The van der Waals surface area contributed by atoms with E-state index in [0.717, 1.165) is 16.8 Å². The van der Waals surface area contributed by atoms with Gasteiger partial charge in [0.1, 0.15) is 0 Å². The first kappa shape index (κ1) is 12.3. The Bertz CT molecular complexity index is 573. The summed E-state index contributed by atoms with van der Waals surface area (Å²) in [4.78, 5) is 8.65. The molecule has 18 heavy (non-hydrogen) atoms. The Hall–Kier alpha value is -2.16. The molecule has 3 heteroatoms. The van der Waals surface area contributed by atoms with Gasteiger partial charge in [0.25, 0.3) is 0 Å². The molecule has 0 radical (unpaired) electrons. The van der Waals surface area contributed by atoms with Gasteiger partial charge in [0, 0.05) is 18.0 Å². The van der Waals surface area contributed by atoms with Crippen molar-refractivity contribution in [3.8, 4) is 11.1 Å². The molecule has 2 heterocycles. The normalized spacial score (nSPS) is 10.6. The summed E-state index contributed by atoms with van der Waals surface area (Å²) in [7, 11) is 0. The van der Waals surface area contributed by atoms with E-state index in [9.17, 15) is 0 Å². The van der Waals surface area contributed by atoms with Crippen LogP contribution in [0.5, 0.6) is 0 Å². The summed E-state index contributed by atoms with van der Waals surface area (Å²) >= 11 is 0. The molecule has 0 aliphatic rings. The van der Waals surface area contributed by atoms with Crippen LogP contribution in [0.2, 0.25) is 0 Å². The minimum atomic E-state index is 0.374. The highest BCUT2D eigenvalue weighted by atomic mass is 14.7. The van der Waals surface area contributed by atoms with Gasteiger partial charge in [0.2, 0.25) is 0 Å². The highest BCUT2D eigenvalue weighted by Gasteiger charge is 2.10. The maximum absolute atomic E-state index is 5.69. The van der Waals surface area contributed by atoms with E-state index in [0.29, 0.717) is 17.3 Å². The molecule has 2 rings (SSSR count). The number of nitrogens with zero attached hydrogens (tertiary/aromatic N) is 2. The Morgan fingerprint density at radius 1 is 1.22 bits per heavy atom. The van der Waals surface area contributed by atoms with Crippen LogP contribution in [0.4, 0.5) is 0 Å². The molecule has 0 unspecified atom stereocenters. The Morgan fingerprint density at radius 2 is 2.00 bits per heavy atom. The molecule has 0 aliphatic carbocycles. The lowest BCUT2D eigenvalue weighted by Gasteiger charge is -2.12. The maximum atomic E-state index is 5.69. The first-order valence-electron chi connectivity index (χ1n) is 5.95. The Kier molecular flexibility index (Phi) is 3.42. The number of hydrogen-bond acceptors (Lipinski definition) is 3. The second-order valence-corrected chi connectivity index (χ2v) is 4.55. The van der Waals surface area contributed by atoms with Crippen LogP contribution in [-0.2, 0) is 0 Å². The van der Waals surface area contributed by atoms with Gasteiger partial charge in [-0.05, 0) is 29.7 Å². The summed E-state index contributed by atoms with van der Waals surface area (Å²) in [6, 6.07) is 7.93. The molecule has 0 spiro atoms. The first-order valence-corrected chi connectivity index (χ1v) is 5.95. The second-order valence-electron chi connectivity index (χ2n) is 4.55. The summed E-state index contributed by atoms with van der Waals surface area (Å²) in [6.07, 6.45) is 3.57. The molecular weight excluding hydrogens is 222 g/mol. The highest BCUT2D eigenvalue weighted by Crippen LogP contribution is 2.27.